The molecule has 0 spiro atoms. The van der Waals surface area contributed by atoms with Gasteiger partial charge in [0.05, 0.1) is 16.0 Å². The van der Waals surface area contributed by atoms with Gasteiger partial charge in [0.2, 0.25) is 11.6 Å². The van der Waals surface area contributed by atoms with Crippen LogP contribution in [-0.2, 0) is 0 Å². The minimum atomic E-state index is -1.38. The van der Waals surface area contributed by atoms with E-state index in [9.17, 15) is 19.3 Å². The van der Waals surface area contributed by atoms with Crippen LogP contribution in [0.2, 0.25) is 5.02 Å². The number of ether oxygens (including phenoxy) is 1. The molecular weight excluding hydrogens is 307 g/mol. The van der Waals surface area contributed by atoms with E-state index in [0.29, 0.717) is 6.07 Å². The van der Waals surface area contributed by atoms with E-state index in [1.54, 1.807) is 0 Å². The van der Waals surface area contributed by atoms with Crippen LogP contribution in [0.25, 0.3) is 0 Å². The number of nitro benzene ring substituents is 1. The van der Waals surface area contributed by atoms with Crippen LogP contribution in [0, 0.1) is 15.9 Å². The van der Waals surface area contributed by atoms with Gasteiger partial charge in [-0.25, -0.2) is 14.2 Å². The minimum Gasteiger partial charge on any atom is -0.476 e. The Kier molecular flexibility index (Phi) is 3.99. The molecule has 0 radical (unpaired) electrons. The van der Waals surface area contributed by atoms with Crippen molar-refractivity contribution in [2.75, 3.05) is 0 Å². The van der Waals surface area contributed by atoms with Gasteiger partial charge in [0.25, 0.3) is 0 Å². The van der Waals surface area contributed by atoms with Crippen molar-refractivity contribution >= 4 is 23.3 Å². The Bertz CT molecular complexity index is 738. The standard InChI is InChI=1S/C12H6ClFN2O5/c13-7-2-4-10(15-11(7)12(17)18)21-9-3-1-6(14)5-8(9)16(19)20/h1-5H,(H,17,18). The molecule has 0 aliphatic heterocycles. The van der Waals surface area contributed by atoms with E-state index in [0.717, 1.165) is 12.1 Å². The number of carbonyl (C=O) groups is 1. The molecule has 108 valence electrons. The lowest BCUT2D eigenvalue weighted by Gasteiger charge is -2.06. The van der Waals surface area contributed by atoms with Gasteiger partial charge in [-0.3, -0.25) is 10.1 Å². The third-order valence-electron chi connectivity index (χ3n) is 2.36. The van der Waals surface area contributed by atoms with Crippen molar-refractivity contribution in [1.29, 1.82) is 0 Å². The number of nitrogens with zero attached hydrogens (tertiary/aromatic N) is 2. The first kappa shape index (κ1) is 14.7. The molecule has 21 heavy (non-hydrogen) atoms. The Morgan fingerprint density at radius 3 is 2.71 bits per heavy atom. The van der Waals surface area contributed by atoms with Crippen LogP contribution in [-0.4, -0.2) is 21.0 Å². The molecule has 0 bridgehead atoms. The summed E-state index contributed by atoms with van der Waals surface area (Å²) in [7, 11) is 0. The highest BCUT2D eigenvalue weighted by Gasteiger charge is 2.19. The van der Waals surface area contributed by atoms with E-state index in [2.05, 4.69) is 4.98 Å². The fourth-order valence-corrected chi connectivity index (χ4v) is 1.65. The van der Waals surface area contributed by atoms with Crippen molar-refractivity contribution < 1.29 is 24.0 Å². The molecule has 9 heteroatoms. The molecule has 2 aromatic rings. The molecule has 0 aliphatic rings. The van der Waals surface area contributed by atoms with Crippen molar-refractivity contribution in [2.45, 2.75) is 0 Å². The normalized spacial score (nSPS) is 10.2. The highest BCUT2D eigenvalue weighted by molar-refractivity contribution is 6.33. The average molecular weight is 313 g/mol. The molecule has 0 aliphatic carbocycles. The Hall–Kier alpha value is -2.74. The first-order valence-corrected chi connectivity index (χ1v) is 5.78. The summed E-state index contributed by atoms with van der Waals surface area (Å²) in [5.41, 5.74) is -1.07. The minimum absolute atomic E-state index is 0.108. The van der Waals surface area contributed by atoms with Crippen molar-refractivity contribution in [3.05, 3.63) is 57.0 Å². The molecule has 0 atom stereocenters. The lowest BCUT2D eigenvalue weighted by atomic mass is 10.3. The molecule has 7 nitrogen and oxygen atoms in total. The number of halogens is 2. The number of nitro groups is 1. The van der Waals surface area contributed by atoms with Crippen LogP contribution >= 0.6 is 11.6 Å². The summed E-state index contributed by atoms with van der Waals surface area (Å²) in [5, 5.41) is 19.6. The molecule has 1 N–H and O–H groups in total. The topological polar surface area (TPSA) is 103 Å². The quantitative estimate of drug-likeness (QED) is 0.686. The number of rotatable bonds is 4. The summed E-state index contributed by atoms with van der Waals surface area (Å²) < 4.78 is 18.1. The number of carboxylic acid groups (broad SMARTS) is 1. The van der Waals surface area contributed by atoms with Gasteiger partial charge in [-0.2, -0.15) is 0 Å². The molecule has 0 saturated carbocycles. The van der Waals surface area contributed by atoms with Gasteiger partial charge in [-0.1, -0.05) is 11.6 Å². The number of pyridine rings is 1. The van der Waals surface area contributed by atoms with Crippen molar-refractivity contribution in [2.24, 2.45) is 0 Å². The summed E-state index contributed by atoms with van der Waals surface area (Å²) in [6, 6.07) is 5.16. The van der Waals surface area contributed by atoms with Crippen molar-refractivity contribution in [1.82, 2.24) is 4.98 Å². The van der Waals surface area contributed by atoms with Crippen LogP contribution in [0.5, 0.6) is 11.6 Å². The fraction of sp³-hybridized carbons (Fsp3) is 0. The van der Waals surface area contributed by atoms with Gasteiger partial charge in [0, 0.05) is 6.07 Å². The monoisotopic (exact) mass is 312 g/mol. The Balaban J connectivity index is 2.41. The number of carboxylic acids is 1. The highest BCUT2D eigenvalue weighted by Crippen LogP contribution is 2.31. The maximum atomic E-state index is 13.0. The largest absolute Gasteiger partial charge is 0.476 e. The van der Waals surface area contributed by atoms with E-state index in [4.69, 9.17) is 21.4 Å². The molecule has 2 rings (SSSR count). The second-order valence-electron chi connectivity index (χ2n) is 3.76. The third kappa shape index (κ3) is 3.23. The van der Waals surface area contributed by atoms with Gasteiger partial charge in [0.15, 0.2) is 5.69 Å². The Labute approximate surface area is 121 Å². The van der Waals surface area contributed by atoms with Gasteiger partial charge in [-0.15, -0.1) is 0 Å². The fourth-order valence-electron chi connectivity index (χ4n) is 1.46. The van der Waals surface area contributed by atoms with Gasteiger partial charge >= 0.3 is 11.7 Å². The number of hydrogen-bond acceptors (Lipinski definition) is 5. The number of aromatic carboxylic acids is 1. The predicted molar refractivity (Wildman–Crippen MR) is 69.3 cm³/mol. The molecule has 0 unspecified atom stereocenters. The van der Waals surface area contributed by atoms with E-state index in [-0.39, 0.29) is 16.7 Å². The predicted octanol–water partition coefficient (Wildman–Crippen LogP) is 3.27. The molecular formula is C12H6ClFN2O5. The highest BCUT2D eigenvalue weighted by atomic mass is 35.5. The molecule has 0 fully saturated rings. The van der Waals surface area contributed by atoms with Crippen LogP contribution in [0.15, 0.2) is 30.3 Å². The van der Waals surface area contributed by atoms with Gasteiger partial charge in [0.1, 0.15) is 5.82 Å². The van der Waals surface area contributed by atoms with E-state index < -0.39 is 28.1 Å². The number of aromatic nitrogens is 1. The second-order valence-corrected chi connectivity index (χ2v) is 4.16. The second kappa shape index (κ2) is 5.71. The van der Waals surface area contributed by atoms with Gasteiger partial charge < -0.3 is 9.84 Å². The Morgan fingerprint density at radius 1 is 1.38 bits per heavy atom. The summed E-state index contributed by atoms with van der Waals surface area (Å²) in [6.45, 7) is 0. The lowest BCUT2D eigenvalue weighted by Crippen LogP contribution is -2.03. The van der Waals surface area contributed by atoms with Gasteiger partial charge in [-0.05, 0) is 18.2 Å². The van der Waals surface area contributed by atoms with E-state index in [1.165, 1.54) is 12.1 Å². The Morgan fingerprint density at radius 2 is 2.10 bits per heavy atom. The first-order chi connectivity index (χ1) is 9.88. The van der Waals surface area contributed by atoms with Crippen LogP contribution in [0.4, 0.5) is 10.1 Å². The summed E-state index contributed by atoms with van der Waals surface area (Å²) >= 11 is 5.64. The third-order valence-corrected chi connectivity index (χ3v) is 2.66. The zero-order valence-corrected chi connectivity index (χ0v) is 10.9. The smallest absolute Gasteiger partial charge is 0.356 e. The zero-order chi connectivity index (χ0) is 15.6. The SMILES string of the molecule is O=C(O)c1nc(Oc2ccc(F)cc2[N+](=O)[O-])ccc1Cl. The number of benzene rings is 1. The lowest BCUT2D eigenvalue weighted by molar-refractivity contribution is -0.385. The van der Waals surface area contributed by atoms with Crippen LogP contribution in [0.3, 0.4) is 0 Å². The maximum absolute atomic E-state index is 13.0. The van der Waals surface area contributed by atoms with E-state index in [1.807, 2.05) is 0 Å². The number of hydrogen-bond donors (Lipinski definition) is 1. The van der Waals surface area contributed by atoms with Crippen molar-refractivity contribution in [3.8, 4) is 11.6 Å². The van der Waals surface area contributed by atoms with E-state index >= 15 is 0 Å². The van der Waals surface area contributed by atoms with Crippen molar-refractivity contribution in [3.63, 3.8) is 0 Å². The molecule has 1 heterocycles. The summed E-state index contributed by atoms with van der Waals surface area (Å²) in [4.78, 5) is 24.5. The molecule has 0 amide bonds. The summed E-state index contributed by atoms with van der Waals surface area (Å²) in [5.74, 6) is -2.66. The maximum Gasteiger partial charge on any atom is 0.356 e. The first-order valence-electron chi connectivity index (χ1n) is 5.40. The summed E-state index contributed by atoms with van der Waals surface area (Å²) in [6.07, 6.45) is 0. The molecule has 1 aromatic carbocycles. The average Bonchev–Trinajstić information content (AvgIpc) is 2.42. The molecule has 1 aromatic heterocycles. The van der Waals surface area contributed by atoms with Crippen LogP contribution < -0.4 is 4.74 Å². The van der Waals surface area contributed by atoms with Crippen LogP contribution in [0.1, 0.15) is 10.5 Å². The molecule has 0 saturated heterocycles. The zero-order valence-electron chi connectivity index (χ0n) is 10.1.